The van der Waals surface area contributed by atoms with Crippen LogP contribution < -0.4 is 10.6 Å². The fraction of sp³-hybridized carbons (Fsp3) is 0.136. The maximum atomic E-state index is 14.4. The second-order valence-electron chi connectivity index (χ2n) is 6.82. The molecule has 0 saturated heterocycles. The molecule has 174 valence electrons. The van der Waals surface area contributed by atoms with Gasteiger partial charge in [-0.3, -0.25) is 15.0 Å². The van der Waals surface area contributed by atoms with Gasteiger partial charge >= 0.3 is 11.9 Å². The molecule has 0 bridgehead atoms. The largest absolute Gasteiger partial charge is 0.466 e. The van der Waals surface area contributed by atoms with Crippen LogP contribution in [0.3, 0.4) is 0 Å². The lowest BCUT2D eigenvalue weighted by Crippen LogP contribution is -2.41. The molecule has 2 N–H and O–H groups in total. The van der Waals surface area contributed by atoms with Gasteiger partial charge in [0.15, 0.2) is 0 Å². The predicted octanol–water partition coefficient (Wildman–Crippen LogP) is 3.29. The van der Waals surface area contributed by atoms with E-state index in [1.54, 1.807) is 30.3 Å². The van der Waals surface area contributed by atoms with Crippen LogP contribution in [-0.2, 0) is 19.1 Å². The van der Waals surface area contributed by atoms with Crippen molar-refractivity contribution in [2.45, 2.75) is 5.92 Å². The van der Waals surface area contributed by atoms with Crippen molar-refractivity contribution in [3.05, 3.63) is 91.6 Å². The quantitative estimate of drug-likeness (QED) is 0.381. The maximum Gasteiger partial charge on any atom is 0.355 e. The first-order valence-electron chi connectivity index (χ1n) is 9.47. The molecule has 1 aliphatic heterocycles. The molecule has 0 fully saturated rings. The summed E-state index contributed by atoms with van der Waals surface area (Å²) in [5.41, 5.74) is 3.97. The zero-order chi connectivity index (χ0) is 25.2. The van der Waals surface area contributed by atoms with Gasteiger partial charge in [-0.05, 0) is 11.6 Å². The number of allylic oxidation sites excluding steroid dienone is 1. The maximum absolute atomic E-state index is 14.4. The normalized spacial score (nSPS) is 15.6. The third kappa shape index (κ3) is 3.91. The molecule has 0 aromatic heterocycles. The molecule has 0 spiro atoms. The lowest BCUT2D eigenvalue weighted by molar-refractivity contribution is -0.384. The number of anilines is 1. The molecule has 10 nitrogen and oxygen atoms in total. The molecular formula is C22H16ClFN4O6. The number of nitrogens with two attached hydrogens (primary N) is 1. The number of esters is 2. The molecule has 12 heteroatoms. The first-order chi connectivity index (χ1) is 16.2. The molecule has 2 aromatic rings. The highest BCUT2D eigenvalue weighted by Crippen LogP contribution is 2.47. The van der Waals surface area contributed by atoms with Gasteiger partial charge in [-0.15, -0.1) is 0 Å². The van der Waals surface area contributed by atoms with Crippen LogP contribution in [0.4, 0.5) is 15.8 Å². The average Bonchev–Trinajstić information content (AvgIpc) is 2.84. The summed E-state index contributed by atoms with van der Waals surface area (Å²) < 4.78 is 24.1. The van der Waals surface area contributed by atoms with Gasteiger partial charge in [0, 0.05) is 6.07 Å². The summed E-state index contributed by atoms with van der Waals surface area (Å²) in [6, 6.07) is 11.6. The summed E-state index contributed by atoms with van der Waals surface area (Å²) in [7, 11) is 2.04. The number of hydrogen-bond acceptors (Lipinski definition) is 9. The molecule has 34 heavy (non-hydrogen) atoms. The summed E-state index contributed by atoms with van der Waals surface area (Å²) in [6.45, 7) is 0. The highest BCUT2D eigenvalue weighted by Gasteiger charge is 2.45. The van der Waals surface area contributed by atoms with Gasteiger partial charge in [-0.1, -0.05) is 41.9 Å². The van der Waals surface area contributed by atoms with Gasteiger partial charge in [0.2, 0.25) is 0 Å². The van der Waals surface area contributed by atoms with Crippen LogP contribution in [-0.4, -0.2) is 31.1 Å². The highest BCUT2D eigenvalue weighted by molar-refractivity contribution is 6.34. The number of halogens is 2. The number of nitro groups is 1. The number of benzene rings is 2. The number of carbonyl (C=O) groups is 2. The molecule has 3 rings (SSSR count). The Morgan fingerprint density at radius 1 is 1.18 bits per heavy atom. The second kappa shape index (κ2) is 9.60. The van der Waals surface area contributed by atoms with Crippen LogP contribution in [0.25, 0.3) is 0 Å². The summed E-state index contributed by atoms with van der Waals surface area (Å²) in [6.07, 6.45) is 0. The van der Waals surface area contributed by atoms with E-state index in [1.807, 2.05) is 6.07 Å². The van der Waals surface area contributed by atoms with Crippen molar-refractivity contribution in [3.8, 4) is 6.07 Å². The summed E-state index contributed by atoms with van der Waals surface area (Å²) >= 11 is 6.09. The molecule has 0 saturated carbocycles. The first kappa shape index (κ1) is 24.2. The number of rotatable bonds is 5. The van der Waals surface area contributed by atoms with E-state index in [4.69, 9.17) is 26.8 Å². The Morgan fingerprint density at radius 2 is 1.79 bits per heavy atom. The Balaban J connectivity index is 2.54. The monoisotopic (exact) mass is 486 g/mol. The summed E-state index contributed by atoms with van der Waals surface area (Å²) in [5, 5.41) is 20.9. The van der Waals surface area contributed by atoms with E-state index in [0.717, 1.165) is 26.4 Å². The third-order valence-electron chi connectivity index (χ3n) is 5.08. The molecule has 1 heterocycles. The predicted molar refractivity (Wildman–Crippen MR) is 118 cm³/mol. The second-order valence-corrected chi connectivity index (χ2v) is 7.20. The van der Waals surface area contributed by atoms with E-state index in [1.165, 1.54) is 0 Å². The molecule has 1 aliphatic rings. The zero-order valence-corrected chi connectivity index (χ0v) is 18.5. The number of nitrogens with zero attached hydrogens (tertiary/aromatic N) is 3. The number of hydrogen-bond donors (Lipinski definition) is 1. The third-order valence-corrected chi connectivity index (χ3v) is 5.44. The van der Waals surface area contributed by atoms with Gasteiger partial charge in [0.1, 0.15) is 28.0 Å². The van der Waals surface area contributed by atoms with Gasteiger partial charge < -0.3 is 15.2 Å². The zero-order valence-electron chi connectivity index (χ0n) is 17.7. The van der Waals surface area contributed by atoms with Crippen molar-refractivity contribution in [1.29, 1.82) is 5.26 Å². The Morgan fingerprint density at radius 3 is 2.32 bits per heavy atom. The Hall–Kier alpha value is -4.43. The van der Waals surface area contributed by atoms with Gasteiger partial charge in [0.25, 0.3) is 5.69 Å². The Labute approximate surface area is 197 Å². The fourth-order valence-corrected chi connectivity index (χ4v) is 3.88. The smallest absolute Gasteiger partial charge is 0.355 e. The summed E-state index contributed by atoms with van der Waals surface area (Å²) in [5.74, 6) is -4.96. The van der Waals surface area contributed by atoms with Crippen LogP contribution in [0.5, 0.6) is 0 Å². The Kier molecular flexibility index (Phi) is 6.84. The highest BCUT2D eigenvalue weighted by atomic mass is 35.5. The number of nitro benzene ring substituents is 1. The van der Waals surface area contributed by atoms with Crippen molar-refractivity contribution >= 4 is 34.9 Å². The van der Waals surface area contributed by atoms with Crippen molar-refractivity contribution in [3.63, 3.8) is 0 Å². The van der Waals surface area contributed by atoms with Gasteiger partial charge in [-0.2, -0.15) is 5.26 Å². The van der Waals surface area contributed by atoms with E-state index < -0.39 is 62.1 Å². The molecule has 1 unspecified atom stereocenters. The van der Waals surface area contributed by atoms with Crippen LogP contribution in [0.2, 0.25) is 5.02 Å². The molecule has 1 atom stereocenters. The average molecular weight is 487 g/mol. The minimum absolute atomic E-state index is 0.256. The fourth-order valence-electron chi connectivity index (χ4n) is 3.64. The summed E-state index contributed by atoms with van der Waals surface area (Å²) in [4.78, 5) is 37.5. The molecule has 0 amide bonds. The van der Waals surface area contributed by atoms with Crippen LogP contribution in [0.1, 0.15) is 11.5 Å². The first-order valence-corrected chi connectivity index (χ1v) is 9.85. The SMILES string of the molecule is COC(=O)C1=C(C(=O)OC)N(c2c([N+](=O)[O-])ccc(F)c2Cl)C(N)=C(C#N)C1c1ccccc1. The molecule has 0 aliphatic carbocycles. The molecular weight excluding hydrogens is 471 g/mol. The minimum atomic E-state index is -1.20. The van der Waals surface area contributed by atoms with E-state index in [-0.39, 0.29) is 5.57 Å². The number of methoxy groups -OCH3 is 2. The van der Waals surface area contributed by atoms with E-state index >= 15 is 0 Å². The molecule has 0 radical (unpaired) electrons. The lowest BCUT2D eigenvalue weighted by Gasteiger charge is -2.35. The number of carbonyl (C=O) groups excluding carboxylic acids is 2. The van der Waals surface area contributed by atoms with E-state index in [0.29, 0.717) is 10.5 Å². The van der Waals surface area contributed by atoms with Crippen molar-refractivity contribution in [1.82, 2.24) is 0 Å². The van der Waals surface area contributed by atoms with E-state index in [2.05, 4.69) is 0 Å². The van der Waals surface area contributed by atoms with Crippen LogP contribution in [0.15, 0.2) is 65.1 Å². The lowest BCUT2D eigenvalue weighted by atomic mass is 9.81. The van der Waals surface area contributed by atoms with Crippen molar-refractivity contribution in [2.75, 3.05) is 19.1 Å². The van der Waals surface area contributed by atoms with Crippen LogP contribution >= 0.6 is 11.6 Å². The van der Waals surface area contributed by atoms with Gasteiger partial charge in [0.05, 0.1) is 42.3 Å². The minimum Gasteiger partial charge on any atom is -0.466 e. The topological polar surface area (TPSA) is 149 Å². The molecule has 2 aromatic carbocycles. The van der Waals surface area contributed by atoms with E-state index in [9.17, 15) is 29.4 Å². The van der Waals surface area contributed by atoms with Crippen molar-refractivity contribution < 1.29 is 28.4 Å². The number of nitriles is 1. The van der Waals surface area contributed by atoms with Gasteiger partial charge in [-0.25, -0.2) is 14.0 Å². The Bertz CT molecular complexity index is 1300. The van der Waals surface area contributed by atoms with Crippen molar-refractivity contribution in [2.24, 2.45) is 5.73 Å². The standard InChI is InChI=1S/C22H16ClFN4O6/c1-33-21(29)16-15(11-6-4-3-5-7-11)12(10-25)20(26)27(19(16)22(30)34-2)18-14(28(31)32)9-8-13(24)17(18)23/h3-9,15H,26H2,1-2H3. The van der Waals surface area contributed by atoms with Crippen LogP contribution in [0, 0.1) is 27.3 Å². The number of ether oxygens (including phenoxy) is 2.